The number of aryl methyl sites for hydroxylation is 1. The number of fused-ring (bicyclic) bond motifs is 2. The Kier molecular flexibility index (Phi) is 8.68. The fourth-order valence-electron chi connectivity index (χ4n) is 4.11. The average Bonchev–Trinajstić information content (AvgIpc) is 2.73. The summed E-state index contributed by atoms with van der Waals surface area (Å²) in [6.45, 7) is 2.28. The van der Waals surface area contributed by atoms with Crippen LogP contribution >= 0.6 is 11.3 Å². The summed E-state index contributed by atoms with van der Waals surface area (Å²) in [6.07, 6.45) is 14.7. The molecule has 1 aromatic carbocycles. The molecule has 0 radical (unpaired) electrons. The molecule has 1 heterocycles. The van der Waals surface area contributed by atoms with Crippen molar-refractivity contribution in [2.45, 2.75) is 77.6 Å². The van der Waals surface area contributed by atoms with Crippen molar-refractivity contribution in [3.63, 3.8) is 0 Å². The van der Waals surface area contributed by atoms with Crippen LogP contribution in [0, 0.1) is 0 Å². The highest BCUT2D eigenvalue weighted by atomic mass is 32.1. The molecule has 1 aliphatic heterocycles. The fourth-order valence-corrected chi connectivity index (χ4v) is 5.12. The zero-order valence-corrected chi connectivity index (χ0v) is 19.7. The van der Waals surface area contributed by atoms with Crippen LogP contribution in [-0.2, 0) is 6.42 Å². The number of anilines is 1. The van der Waals surface area contributed by atoms with Crippen LogP contribution in [-0.4, -0.2) is 19.1 Å². The van der Waals surface area contributed by atoms with E-state index in [-0.39, 0.29) is 5.43 Å². The topological polar surface area (TPSA) is 33.2 Å². The summed E-state index contributed by atoms with van der Waals surface area (Å²) in [7, 11) is 4.22. The van der Waals surface area contributed by atoms with Crippen LogP contribution in [0.1, 0.15) is 76.7 Å². The van der Waals surface area contributed by atoms with E-state index in [4.69, 9.17) is 4.98 Å². The number of nitrogens with zero attached hydrogens (tertiary/aromatic N) is 2. The molecule has 30 heavy (non-hydrogen) atoms. The molecule has 162 valence electrons. The molecular formula is C26H36N2OS. The number of hydrogen-bond acceptors (Lipinski definition) is 4. The number of hydrogen-bond donors (Lipinski definition) is 0. The van der Waals surface area contributed by atoms with E-state index < -0.39 is 0 Å². The molecule has 0 fully saturated rings. The van der Waals surface area contributed by atoms with Crippen molar-refractivity contribution in [2.24, 2.45) is 0 Å². The monoisotopic (exact) mass is 424 g/mol. The van der Waals surface area contributed by atoms with Gasteiger partial charge in [-0.05, 0) is 42.7 Å². The van der Waals surface area contributed by atoms with Crippen LogP contribution < -0.4 is 10.3 Å². The predicted molar refractivity (Wildman–Crippen MR) is 132 cm³/mol. The van der Waals surface area contributed by atoms with Crippen LogP contribution in [0.3, 0.4) is 0 Å². The molecule has 0 aromatic heterocycles. The summed E-state index contributed by atoms with van der Waals surface area (Å²) in [5.41, 5.74) is 4.65. The highest BCUT2D eigenvalue weighted by Crippen LogP contribution is 2.34. The first-order valence-electron chi connectivity index (χ1n) is 11.6. The Morgan fingerprint density at radius 3 is 2.20 bits per heavy atom. The van der Waals surface area contributed by atoms with Gasteiger partial charge in [0.05, 0.1) is 20.8 Å². The Morgan fingerprint density at radius 1 is 0.867 bits per heavy atom. The summed E-state index contributed by atoms with van der Waals surface area (Å²) >= 11 is 1.66. The van der Waals surface area contributed by atoms with Gasteiger partial charge in [0, 0.05) is 25.8 Å². The molecule has 1 aromatic rings. The number of rotatable bonds is 12. The Balaban J connectivity index is 1.60. The van der Waals surface area contributed by atoms with Gasteiger partial charge in [0.1, 0.15) is 0 Å². The summed E-state index contributed by atoms with van der Waals surface area (Å²) in [5.74, 6) is 0. The number of benzene rings is 2. The maximum atomic E-state index is 11.7. The summed E-state index contributed by atoms with van der Waals surface area (Å²) < 4.78 is 1.14. The van der Waals surface area contributed by atoms with Gasteiger partial charge in [0.2, 0.25) is 0 Å². The lowest BCUT2D eigenvalue weighted by atomic mass is 10.0. The third-order valence-corrected chi connectivity index (χ3v) is 6.93. The van der Waals surface area contributed by atoms with Crippen molar-refractivity contribution in [3.05, 3.63) is 46.1 Å². The van der Waals surface area contributed by atoms with Gasteiger partial charge in [-0.1, -0.05) is 64.7 Å². The molecule has 4 heteroatoms. The van der Waals surface area contributed by atoms with E-state index in [9.17, 15) is 4.79 Å². The molecule has 3 rings (SSSR count). The van der Waals surface area contributed by atoms with E-state index in [1.165, 1.54) is 75.5 Å². The highest BCUT2D eigenvalue weighted by Gasteiger charge is 2.12. The van der Waals surface area contributed by atoms with Gasteiger partial charge in [0.25, 0.3) is 0 Å². The Bertz CT molecular complexity index is 963. The lowest BCUT2D eigenvalue weighted by molar-refractivity contribution is 0.556. The summed E-state index contributed by atoms with van der Waals surface area (Å²) in [4.78, 5) is 19.7. The lowest BCUT2D eigenvalue weighted by Gasteiger charge is -2.19. The Hall–Kier alpha value is -1.94. The van der Waals surface area contributed by atoms with Crippen molar-refractivity contribution in [1.82, 2.24) is 4.98 Å². The molecule has 0 N–H and O–H groups in total. The van der Waals surface area contributed by atoms with Gasteiger partial charge in [-0.3, -0.25) is 4.79 Å². The standard InChI is InChI=1S/C26H36N2OS/c1-4-5-6-7-8-9-10-11-12-13-14-20-17-23-26(19-24(20)28(2)3)30-25-18-21(29)15-16-22(25)27-23/h15-19H,4-14H2,1-3H3. The van der Waals surface area contributed by atoms with Crippen molar-refractivity contribution in [2.75, 3.05) is 19.0 Å². The van der Waals surface area contributed by atoms with Gasteiger partial charge in [-0.25, -0.2) is 4.98 Å². The predicted octanol–water partition coefficient (Wildman–Crippen LogP) is 7.29. The van der Waals surface area contributed by atoms with Gasteiger partial charge in [-0.15, -0.1) is 11.3 Å². The maximum absolute atomic E-state index is 11.7. The molecule has 0 unspecified atom stereocenters. The summed E-state index contributed by atoms with van der Waals surface area (Å²) in [6, 6.07) is 9.65. The zero-order valence-electron chi connectivity index (χ0n) is 18.9. The van der Waals surface area contributed by atoms with Gasteiger partial charge in [-0.2, -0.15) is 0 Å². The van der Waals surface area contributed by atoms with Crippen molar-refractivity contribution in [3.8, 4) is 10.6 Å². The fraction of sp³-hybridized carbons (Fsp3) is 0.538. The minimum atomic E-state index is 0.0466. The number of aromatic nitrogens is 1. The second-order valence-electron chi connectivity index (χ2n) is 8.62. The zero-order chi connectivity index (χ0) is 21.3. The van der Waals surface area contributed by atoms with Crippen LogP contribution in [0.2, 0.25) is 0 Å². The van der Waals surface area contributed by atoms with E-state index in [1.807, 2.05) is 6.07 Å². The largest absolute Gasteiger partial charge is 0.377 e. The minimum absolute atomic E-state index is 0.0466. The third-order valence-electron chi connectivity index (χ3n) is 5.83. The second kappa shape index (κ2) is 11.5. The average molecular weight is 425 g/mol. The SMILES string of the molecule is CCCCCCCCCCCCc1cc2nc3ccc(=O)cc-3sc2cc1N(C)C. The first-order valence-corrected chi connectivity index (χ1v) is 12.4. The number of unbranched alkanes of at least 4 members (excludes halogenated alkanes) is 9. The van der Waals surface area contributed by atoms with Gasteiger partial charge in [0.15, 0.2) is 5.43 Å². The molecule has 0 amide bonds. The quantitative estimate of drug-likeness (QED) is 0.226. The Labute approximate surface area is 185 Å². The van der Waals surface area contributed by atoms with Crippen molar-refractivity contribution < 1.29 is 0 Å². The molecule has 0 spiro atoms. The molecule has 3 nitrogen and oxygen atoms in total. The molecule has 0 bridgehead atoms. The van der Waals surface area contributed by atoms with Crippen LogP contribution in [0.4, 0.5) is 5.69 Å². The second-order valence-corrected chi connectivity index (χ2v) is 9.70. The third kappa shape index (κ3) is 6.28. The molecule has 1 aliphatic carbocycles. The normalized spacial score (nSPS) is 11.4. The van der Waals surface area contributed by atoms with Gasteiger partial charge < -0.3 is 4.90 Å². The molecule has 0 atom stereocenters. The first kappa shape index (κ1) is 22.7. The molecule has 0 saturated heterocycles. The van der Waals surface area contributed by atoms with E-state index in [0.717, 1.165) is 27.2 Å². The maximum Gasteiger partial charge on any atom is 0.180 e. The van der Waals surface area contributed by atoms with Crippen LogP contribution in [0.5, 0.6) is 0 Å². The van der Waals surface area contributed by atoms with E-state index in [2.05, 4.69) is 38.1 Å². The summed E-state index contributed by atoms with van der Waals surface area (Å²) in [5, 5.41) is 0. The van der Waals surface area contributed by atoms with Crippen molar-refractivity contribution in [1.29, 1.82) is 0 Å². The van der Waals surface area contributed by atoms with Gasteiger partial charge >= 0.3 is 0 Å². The van der Waals surface area contributed by atoms with Crippen molar-refractivity contribution >= 4 is 27.2 Å². The van der Waals surface area contributed by atoms with Crippen LogP contribution in [0.25, 0.3) is 20.8 Å². The highest BCUT2D eigenvalue weighted by molar-refractivity contribution is 7.21. The minimum Gasteiger partial charge on any atom is -0.377 e. The molecular weight excluding hydrogens is 388 g/mol. The first-order chi connectivity index (χ1) is 14.6. The molecule has 0 saturated carbocycles. The Morgan fingerprint density at radius 2 is 1.53 bits per heavy atom. The van der Waals surface area contributed by atoms with Crippen LogP contribution in [0.15, 0.2) is 35.1 Å². The molecule has 2 aliphatic rings. The van der Waals surface area contributed by atoms with E-state index in [1.54, 1.807) is 23.5 Å². The smallest absolute Gasteiger partial charge is 0.180 e. The van der Waals surface area contributed by atoms with E-state index in [0.29, 0.717) is 0 Å². The lowest BCUT2D eigenvalue weighted by Crippen LogP contribution is -2.11. The van der Waals surface area contributed by atoms with E-state index >= 15 is 0 Å².